The predicted octanol–water partition coefficient (Wildman–Crippen LogP) is 3.02. The molecule has 0 amide bonds. The second-order valence-corrected chi connectivity index (χ2v) is 4.20. The Hall–Kier alpha value is -1.13. The van der Waals surface area contributed by atoms with E-state index in [1.165, 1.54) is 6.07 Å². The van der Waals surface area contributed by atoms with Gasteiger partial charge in [0.2, 0.25) is 0 Å². The Bertz CT molecular complexity index is 603. The van der Waals surface area contributed by atoms with Gasteiger partial charge < -0.3 is 4.42 Å². The Kier molecular flexibility index (Phi) is 2.63. The highest BCUT2D eigenvalue weighted by atomic mass is 79.9. The van der Waals surface area contributed by atoms with E-state index in [9.17, 15) is 9.59 Å². The van der Waals surface area contributed by atoms with Gasteiger partial charge in [-0.1, -0.05) is 11.6 Å². The monoisotopic (exact) mass is 286 g/mol. The number of hydrogen-bond donors (Lipinski definition) is 0. The average Bonchev–Trinajstić information content (AvgIpc) is 2.18. The van der Waals surface area contributed by atoms with E-state index in [1.54, 1.807) is 12.1 Å². The SMILES string of the molecule is O=Cc1cc2cc(Cl)cc(Br)c2oc1=O. The molecule has 1 heterocycles. The van der Waals surface area contributed by atoms with Gasteiger partial charge in [-0.25, -0.2) is 4.79 Å². The van der Waals surface area contributed by atoms with Crippen LogP contribution in [-0.2, 0) is 0 Å². The van der Waals surface area contributed by atoms with Crippen molar-refractivity contribution < 1.29 is 9.21 Å². The fourth-order valence-electron chi connectivity index (χ4n) is 1.26. The lowest BCUT2D eigenvalue weighted by atomic mass is 10.2. The maximum Gasteiger partial charge on any atom is 0.346 e. The average molecular weight is 287 g/mol. The van der Waals surface area contributed by atoms with Crippen LogP contribution in [0.5, 0.6) is 0 Å². The zero-order chi connectivity index (χ0) is 11.0. The maximum absolute atomic E-state index is 11.2. The van der Waals surface area contributed by atoms with Crippen molar-refractivity contribution in [2.45, 2.75) is 0 Å². The first-order chi connectivity index (χ1) is 7.11. The normalized spacial score (nSPS) is 10.5. The summed E-state index contributed by atoms with van der Waals surface area (Å²) in [6.45, 7) is 0. The van der Waals surface area contributed by atoms with Gasteiger partial charge in [0.1, 0.15) is 5.56 Å². The number of carbonyl (C=O) groups is 1. The molecule has 0 unspecified atom stereocenters. The summed E-state index contributed by atoms with van der Waals surface area (Å²) in [6.07, 6.45) is 0.458. The highest BCUT2D eigenvalue weighted by Crippen LogP contribution is 2.27. The van der Waals surface area contributed by atoms with Crippen LogP contribution in [0.2, 0.25) is 5.02 Å². The summed E-state index contributed by atoms with van der Waals surface area (Å²) in [5.41, 5.74) is -0.285. The number of fused-ring (bicyclic) bond motifs is 1. The molecule has 0 fully saturated rings. The first-order valence-electron chi connectivity index (χ1n) is 4.00. The van der Waals surface area contributed by atoms with Gasteiger partial charge in [-0.05, 0) is 34.1 Å². The van der Waals surface area contributed by atoms with Crippen molar-refractivity contribution in [2.24, 2.45) is 0 Å². The molecular weight excluding hydrogens is 283 g/mol. The van der Waals surface area contributed by atoms with Crippen LogP contribution >= 0.6 is 27.5 Å². The fraction of sp³-hybridized carbons (Fsp3) is 0. The minimum atomic E-state index is -0.652. The molecule has 0 aliphatic rings. The molecular formula is C10H4BrClO3. The molecule has 0 aliphatic heterocycles. The van der Waals surface area contributed by atoms with Crippen molar-refractivity contribution >= 4 is 44.8 Å². The molecule has 1 aromatic carbocycles. The largest absolute Gasteiger partial charge is 0.421 e. The van der Waals surface area contributed by atoms with E-state index >= 15 is 0 Å². The van der Waals surface area contributed by atoms with Crippen molar-refractivity contribution in [1.29, 1.82) is 0 Å². The summed E-state index contributed by atoms with van der Waals surface area (Å²) in [5.74, 6) is 0. The zero-order valence-corrected chi connectivity index (χ0v) is 9.63. The quantitative estimate of drug-likeness (QED) is 0.598. The van der Waals surface area contributed by atoms with Crippen LogP contribution in [-0.4, -0.2) is 6.29 Å². The molecule has 0 radical (unpaired) electrons. The van der Waals surface area contributed by atoms with Gasteiger partial charge in [-0.3, -0.25) is 4.79 Å². The topological polar surface area (TPSA) is 47.3 Å². The van der Waals surface area contributed by atoms with E-state index in [-0.39, 0.29) is 5.56 Å². The lowest BCUT2D eigenvalue weighted by molar-refractivity contribution is 0.112. The Morgan fingerprint density at radius 2 is 2.07 bits per heavy atom. The number of aldehydes is 1. The number of benzene rings is 1. The van der Waals surface area contributed by atoms with E-state index in [0.29, 0.717) is 26.8 Å². The zero-order valence-electron chi connectivity index (χ0n) is 7.29. The van der Waals surface area contributed by atoms with Crippen molar-refractivity contribution in [2.75, 3.05) is 0 Å². The van der Waals surface area contributed by atoms with Crippen LogP contribution in [0.3, 0.4) is 0 Å². The molecule has 0 N–H and O–H groups in total. The van der Waals surface area contributed by atoms with Gasteiger partial charge in [0.05, 0.1) is 4.47 Å². The van der Waals surface area contributed by atoms with Crippen molar-refractivity contribution in [3.8, 4) is 0 Å². The van der Waals surface area contributed by atoms with Gasteiger partial charge in [-0.15, -0.1) is 0 Å². The van der Waals surface area contributed by atoms with E-state index in [0.717, 1.165) is 0 Å². The molecule has 15 heavy (non-hydrogen) atoms. The van der Waals surface area contributed by atoms with Crippen molar-refractivity contribution in [3.63, 3.8) is 0 Å². The lowest BCUT2D eigenvalue weighted by Gasteiger charge is -2.00. The smallest absolute Gasteiger partial charge is 0.346 e. The van der Waals surface area contributed by atoms with Gasteiger partial charge in [0.25, 0.3) is 0 Å². The second-order valence-electron chi connectivity index (χ2n) is 2.91. The third kappa shape index (κ3) is 1.82. The summed E-state index contributed by atoms with van der Waals surface area (Å²) >= 11 is 9.04. The Labute approximate surface area is 97.8 Å². The first kappa shape index (κ1) is 10.4. The van der Waals surface area contributed by atoms with Crippen LogP contribution in [0, 0.1) is 0 Å². The molecule has 76 valence electrons. The van der Waals surface area contributed by atoms with Gasteiger partial charge in [0, 0.05) is 10.4 Å². The molecule has 0 aliphatic carbocycles. The molecule has 1 aromatic heterocycles. The number of hydrogen-bond acceptors (Lipinski definition) is 3. The predicted molar refractivity (Wildman–Crippen MR) is 60.6 cm³/mol. The second kappa shape index (κ2) is 3.79. The molecule has 2 rings (SSSR count). The third-order valence-electron chi connectivity index (χ3n) is 1.91. The molecule has 0 saturated carbocycles. The standard InChI is InChI=1S/C10H4BrClO3/c11-8-3-7(12)2-5-1-6(4-13)10(14)15-9(5)8/h1-4H. The molecule has 0 bridgehead atoms. The van der Waals surface area contributed by atoms with E-state index in [2.05, 4.69) is 15.9 Å². The van der Waals surface area contributed by atoms with Crippen LogP contribution in [0.25, 0.3) is 11.0 Å². The van der Waals surface area contributed by atoms with Crippen LogP contribution in [0.1, 0.15) is 10.4 Å². The fourth-order valence-corrected chi connectivity index (χ4v) is 2.17. The number of rotatable bonds is 1. The third-order valence-corrected chi connectivity index (χ3v) is 2.71. The minimum absolute atomic E-state index is 0.0170. The molecule has 0 spiro atoms. The van der Waals surface area contributed by atoms with Crippen LogP contribution in [0.15, 0.2) is 31.9 Å². The summed E-state index contributed by atoms with van der Waals surface area (Å²) in [6, 6.07) is 4.69. The van der Waals surface area contributed by atoms with Crippen molar-refractivity contribution in [3.05, 3.63) is 43.7 Å². The summed E-state index contributed by atoms with van der Waals surface area (Å²) < 4.78 is 5.56. The molecule has 3 nitrogen and oxygen atoms in total. The first-order valence-corrected chi connectivity index (χ1v) is 5.17. The Morgan fingerprint density at radius 1 is 1.33 bits per heavy atom. The van der Waals surface area contributed by atoms with Crippen LogP contribution < -0.4 is 5.63 Å². The van der Waals surface area contributed by atoms with Crippen LogP contribution in [0.4, 0.5) is 0 Å². The highest BCUT2D eigenvalue weighted by Gasteiger charge is 2.08. The summed E-state index contributed by atoms with van der Waals surface area (Å²) in [5, 5.41) is 1.11. The minimum Gasteiger partial charge on any atom is -0.421 e. The van der Waals surface area contributed by atoms with Crippen molar-refractivity contribution in [1.82, 2.24) is 0 Å². The van der Waals surface area contributed by atoms with E-state index < -0.39 is 5.63 Å². The summed E-state index contributed by atoms with van der Waals surface area (Å²) in [7, 11) is 0. The Morgan fingerprint density at radius 3 is 2.73 bits per heavy atom. The lowest BCUT2D eigenvalue weighted by Crippen LogP contribution is -2.05. The van der Waals surface area contributed by atoms with E-state index in [4.69, 9.17) is 16.0 Å². The molecule has 2 aromatic rings. The van der Waals surface area contributed by atoms with E-state index in [1.807, 2.05) is 0 Å². The van der Waals surface area contributed by atoms with Gasteiger partial charge >= 0.3 is 5.63 Å². The van der Waals surface area contributed by atoms with Gasteiger partial charge in [-0.2, -0.15) is 0 Å². The molecule has 5 heteroatoms. The Balaban J connectivity index is 2.93. The summed E-state index contributed by atoms with van der Waals surface area (Å²) in [4.78, 5) is 21.8. The number of halogens is 2. The maximum atomic E-state index is 11.2. The molecule has 0 atom stereocenters. The molecule has 0 saturated heterocycles. The highest BCUT2D eigenvalue weighted by molar-refractivity contribution is 9.10. The number of carbonyl (C=O) groups excluding carboxylic acids is 1. The van der Waals surface area contributed by atoms with Gasteiger partial charge in [0.15, 0.2) is 11.9 Å².